The number of carbonyl (C=O) groups excluding carboxylic acids is 2. The lowest BCUT2D eigenvalue weighted by molar-refractivity contribution is -0.384. The Kier molecular flexibility index (Phi) is 5.49. The van der Waals surface area contributed by atoms with Crippen molar-refractivity contribution in [2.75, 3.05) is 10.6 Å². The van der Waals surface area contributed by atoms with Gasteiger partial charge in [0.05, 0.1) is 20.5 Å². The molecule has 3 rings (SSSR count). The van der Waals surface area contributed by atoms with Crippen molar-refractivity contribution in [3.05, 3.63) is 85.6 Å². The van der Waals surface area contributed by atoms with Crippen molar-refractivity contribution in [3.8, 4) is 0 Å². The third-order valence-corrected chi connectivity index (χ3v) is 4.73. The molecule has 0 unspecified atom stereocenters. The summed E-state index contributed by atoms with van der Waals surface area (Å²) in [5.74, 6) is -0.818. The Hall–Kier alpha value is -3.23. The van der Waals surface area contributed by atoms with Crippen molar-refractivity contribution in [2.24, 2.45) is 0 Å². The summed E-state index contributed by atoms with van der Waals surface area (Å²) in [4.78, 5) is 35.4. The van der Waals surface area contributed by atoms with E-state index in [9.17, 15) is 19.7 Å². The molecular weight excluding hydrogens is 390 g/mol. The number of thiophene rings is 1. The molecule has 2 aromatic carbocycles. The minimum atomic E-state index is -0.545. The van der Waals surface area contributed by atoms with E-state index in [1.807, 2.05) is 0 Å². The van der Waals surface area contributed by atoms with Crippen LogP contribution in [0.1, 0.15) is 20.0 Å². The fraction of sp³-hybridized carbons (Fsp3) is 0. The van der Waals surface area contributed by atoms with Crippen molar-refractivity contribution in [3.63, 3.8) is 0 Å². The Morgan fingerprint density at radius 1 is 1.00 bits per heavy atom. The van der Waals surface area contributed by atoms with Gasteiger partial charge in [0.1, 0.15) is 0 Å². The highest BCUT2D eigenvalue weighted by Crippen LogP contribution is 2.25. The van der Waals surface area contributed by atoms with Crippen molar-refractivity contribution < 1.29 is 14.5 Å². The Morgan fingerprint density at radius 3 is 2.52 bits per heavy atom. The molecule has 0 fully saturated rings. The van der Waals surface area contributed by atoms with Crippen LogP contribution in [-0.2, 0) is 0 Å². The number of nitro benzene ring substituents is 1. The summed E-state index contributed by atoms with van der Waals surface area (Å²) in [6.45, 7) is 0. The SMILES string of the molecule is O=C(Nc1cccc([N+](=O)[O-])c1)c1ccc(Cl)c(NC(=O)c2cccs2)c1. The minimum absolute atomic E-state index is 0.132. The molecular formula is C18H12ClN3O4S. The van der Waals surface area contributed by atoms with Crippen LogP contribution in [0.15, 0.2) is 60.0 Å². The van der Waals surface area contributed by atoms with Gasteiger partial charge in [0, 0.05) is 23.4 Å². The number of benzene rings is 2. The molecule has 0 aliphatic rings. The van der Waals surface area contributed by atoms with Gasteiger partial charge >= 0.3 is 0 Å². The number of nitrogens with zero attached hydrogens (tertiary/aromatic N) is 1. The van der Waals surface area contributed by atoms with Crippen LogP contribution >= 0.6 is 22.9 Å². The molecule has 7 nitrogen and oxygen atoms in total. The summed E-state index contributed by atoms with van der Waals surface area (Å²) in [5.41, 5.74) is 0.690. The maximum absolute atomic E-state index is 12.4. The number of carbonyl (C=O) groups is 2. The predicted octanol–water partition coefficient (Wildman–Crippen LogP) is 4.81. The quantitative estimate of drug-likeness (QED) is 0.473. The number of non-ortho nitro benzene ring substituents is 1. The van der Waals surface area contributed by atoms with Crippen LogP contribution in [0.4, 0.5) is 17.1 Å². The number of nitrogens with one attached hydrogen (secondary N) is 2. The third-order valence-electron chi connectivity index (χ3n) is 3.54. The molecule has 2 N–H and O–H groups in total. The van der Waals surface area contributed by atoms with Crippen LogP contribution < -0.4 is 10.6 Å². The molecule has 1 aromatic heterocycles. The number of hydrogen-bond donors (Lipinski definition) is 2. The maximum atomic E-state index is 12.4. The third kappa shape index (κ3) is 4.49. The van der Waals surface area contributed by atoms with Crippen LogP contribution in [-0.4, -0.2) is 16.7 Å². The van der Waals surface area contributed by atoms with Crippen molar-refractivity contribution in [1.29, 1.82) is 0 Å². The lowest BCUT2D eigenvalue weighted by Gasteiger charge is -2.10. The van der Waals surface area contributed by atoms with E-state index < -0.39 is 10.8 Å². The Labute approximate surface area is 162 Å². The van der Waals surface area contributed by atoms with Crippen LogP contribution in [0.25, 0.3) is 0 Å². The monoisotopic (exact) mass is 401 g/mol. The fourth-order valence-electron chi connectivity index (χ4n) is 2.25. The topological polar surface area (TPSA) is 101 Å². The van der Waals surface area contributed by atoms with Gasteiger partial charge in [-0.3, -0.25) is 19.7 Å². The maximum Gasteiger partial charge on any atom is 0.271 e. The Bertz CT molecular complexity index is 1020. The average molecular weight is 402 g/mol. The predicted molar refractivity (Wildman–Crippen MR) is 105 cm³/mol. The van der Waals surface area contributed by atoms with E-state index in [0.717, 1.165) is 0 Å². The molecule has 0 saturated carbocycles. The second kappa shape index (κ2) is 7.98. The first kappa shape index (κ1) is 18.6. The highest BCUT2D eigenvalue weighted by Gasteiger charge is 2.14. The molecule has 0 atom stereocenters. The highest BCUT2D eigenvalue weighted by molar-refractivity contribution is 7.12. The van der Waals surface area contributed by atoms with Crippen LogP contribution in [0, 0.1) is 10.1 Å². The lowest BCUT2D eigenvalue weighted by atomic mass is 10.1. The van der Waals surface area contributed by atoms with Crippen molar-refractivity contribution in [1.82, 2.24) is 0 Å². The van der Waals surface area contributed by atoms with Gasteiger partial charge in [0.15, 0.2) is 0 Å². The van der Waals surface area contributed by atoms with Gasteiger partial charge in [-0.05, 0) is 35.7 Å². The summed E-state index contributed by atoms with van der Waals surface area (Å²) in [5, 5.41) is 18.1. The summed E-state index contributed by atoms with van der Waals surface area (Å²) >= 11 is 7.39. The van der Waals surface area contributed by atoms with E-state index in [-0.39, 0.29) is 27.9 Å². The summed E-state index contributed by atoms with van der Waals surface area (Å²) in [7, 11) is 0. The zero-order chi connectivity index (χ0) is 19.4. The minimum Gasteiger partial charge on any atom is -0.322 e. The van der Waals surface area contributed by atoms with E-state index in [2.05, 4.69) is 10.6 Å². The standard InChI is InChI=1S/C18H12ClN3O4S/c19-14-7-6-11(9-15(14)21-18(24)16-5-2-8-27-16)17(23)20-12-3-1-4-13(10-12)22(25)26/h1-10H,(H,20,23)(H,21,24). The van der Waals surface area contributed by atoms with Gasteiger partial charge in [0.2, 0.25) is 0 Å². The van der Waals surface area contributed by atoms with E-state index in [1.165, 1.54) is 47.7 Å². The first-order valence-corrected chi connectivity index (χ1v) is 8.90. The smallest absolute Gasteiger partial charge is 0.271 e. The van der Waals surface area contributed by atoms with Gasteiger partial charge in [-0.1, -0.05) is 23.7 Å². The van der Waals surface area contributed by atoms with Gasteiger partial charge < -0.3 is 10.6 Å². The Balaban J connectivity index is 1.78. The van der Waals surface area contributed by atoms with E-state index in [4.69, 9.17) is 11.6 Å². The summed E-state index contributed by atoms with van der Waals surface area (Å²) < 4.78 is 0. The molecule has 1 heterocycles. The molecule has 3 aromatic rings. The van der Waals surface area contributed by atoms with E-state index >= 15 is 0 Å². The van der Waals surface area contributed by atoms with E-state index in [0.29, 0.717) is 10.6 Å². The number of rotatable bonds is 5. The fourth-order valence-corrected chi connectivity index (χ4v) is 3.04. The zero-order valence-electron chi connectivity index (χ0n) is 13.6. The normalized spacial score (nSPS) is 10.3. The molecule has 9 heteroatoms. The largest absolute Gasteiger partial charge is 0.322 e. The summed E-state index contributed by atoms with van der Waals surface area (Å²) in [6.07, 6.45) is 0. The molecule has 0 bridgehead atoms. The van der Waals surface area contributed by atoms with Crippen LogP contribution in [0.5, 0.6) is 0 Å². The molecule has 0 aliphatic heterocycles. The highest BCUT2D eigenvalue weighted by atomic mass is 35.5. The Morgan fingerprint density at radius 2 is 1.81 bits per heavy atom. The average Bonchev–Trinajstić information content (AvgIpc) is 3.18. The van der Waals surface area contributed by atoms with Crippen LogP contribution in [0.2, 0.25) is 5.02 Å². The molecule has 0 spiro atoms. The molecule has 136 valence electrons. The molecule has 27 heavy (non-hydrogen) atoms. The first-order valence-electron chi connectivity index (χ1n) is 7.64. The zero-order valence-corrected chi connectivity index (χ0v) is 15.2. The number of anilines is 2. The van der Waals surface area contributed by atoms with Gasteiger partial charge in [0.25, 0.3) is 17.5 Å². The lowest BCUT2D eigenvalue weighted by Crippen LogP contribution is -2.14. The van der Waals surface area contributed by atoms with Crippen molar-refractivity contribution in [2.45, 2.75) is 0 Å². The number of amides is 2. The first-order chi connectivity index (χ1) is 12.9. The number of nitro groups is 1. The van der Waals surface area contributed by atoms with Gasteiger partial charge in [-0.25, -0.2) is 0 Å². The second-order valence-corrected chi connectivity index (χ2v) is 6.74. The molecule has 0 aliphatic carbocycles. The van der Waals surface area contributed by atoms with E-state index in [1.54, 1.807) is 23.6 Å². The van der Waals surface area contributed by atoms with Gasteiger partial charge in [-0.15, -0.1) is 11.3 Å². The summed E-state index contributed by atoms with van der Waals surface area (Å²) in [6, 6.07) is 13.5. The van der Waals surface area contributed by atoms with Gasteiger partial charge in [-0.2, -0.15) is 0 Å². The number of hydrogen-bond acceptors (Lipinski definition) is 5. The second-order valence-electron chi connectivity index (χ2n) is 5.39. The molecule has 0 saturated heterocycles. The molecule has 2 amide bonds. The van der Waals surface area contributed by atoms with Crippen LogP contribution in [0.3, 0.4) is 0 Å². The molecule has 0 radical (unpaired) electrons. The number of halogens is 1. The van der Waals surface area contributed by atoms with Crippen molar-refractivity contribution >= 4 is 51.8 Å².